The number of aliphatic carboxylic acids is 1. The lowest BCUT2D eigenvalue weighted by Crippen LogP contribution is -2.14. The van der Waals surface area contributed by atoms with Crippen LogP contribution in [0.4, 0.5) is 0 Å². The lowest BCUT2D eigenvalue weighted by molar-refractivity contribution is -0.136. The minimum atomic E-state index is -0.827. The minimum Gasteiger partial charge on any atom is -0.481 e. The highest BCUT2D eigenvalue weighted by molar-refractivity contribution is 8.00. The molecule has 3 nitrogen and oxygen atoms in total. The van der Waals surface area contributed by atoms with Crippen molar-refractivity contribution in [2.24, 2.45) is 0 Å². The maximum absolute atomic E-state index is 11.9. The molecule has 1 N–H and O–H groups in total. The van der Waals surface area contributed by atoms with Gasteiger partial charge in [0.1, 0.15) is 0 Å². The molecule has 0 heterocycles. The molecule has 4 heteroatoms. The lowest BCUT2D eigenvalue weighted by Gasteiger charge is -2.09. The predicted molar refractivity (Wildman–Crippen MR) is 64.9 cm³/mol. The van der Waals surface area contributed by atoms with Crippen LogP contribution in [-0.4, -0.2) is 27.9 Å². The Hall–Kier alpha value is -1.29. The number of carboxylic acids is 1. The van der Waals surface area contributed by atoms with E-state index in [1.807, 2.05) is 25.1 Å². The quantitative estimate of drug-likeness (QED) is 0.773. The molecule has 0 spiro atoms. The van der Waals surface area contributed by atoms with Crippen LogP contribution >= 0.6 is 11.8 Å². The highest BCUT2D eigenvalue weighted by atomic mass is 32.2. The third kappa shape index (κ3) is 4.06. The van der Waals surface area contributed by atoms with Gasteiger partial charge in [0, 0.05) is 11.3 Å². The maximum atomic E-state index is 11.9. The first-order valence-electron chi connectivity index (χ1n) is 5.04. The fourth-order valence-electron chi connectivity index (χ4n) is 1.24. The number of benzene rings is 1. The zero-order valence-corrected chi connectivity index (χ0v) is 9.87. The molecule has 0 saturated carbocycles. The molecule has 0 bridgehead atoms. The van der Waals surface area contributed by atoms with Crippen LogP contribution in [0.2, 0.25) is 0 Å². The van der Waals surface area contributed by atoms with Crippen LogP contribution in [0.15, 0.2) is 30.3 Å². The van der Waals surface area contributed by atoms with Crippen molar-refractivity contribution in [2.45, 2.75) is 18.6 Å². The number of hydrogen-bond donors (Lipinski definition) is 1. The molecule has 0 amide bonds. The van der Waals surface area contributed by atoms with Gasteiger partial charge in [-0.15, -0.1) is 11.8 Å². The number of hydrogen-bond acceptors (Lipinski definition) is 3. The number of ketones is 1. The second-order valence-corrected chi connectivity index (χ2v) is 4.84. The van der Waals surface area contributed by atoms with Crippen LogP contribution < -0.4 is 0 Å². The molecule has 0 aromatic heterocycles. The van der Waals surface area contributed by atoms with Gasteiger partial charge in [-0.2, -0.15) is 0 Å². The summed E-state index contributed by atoms with van der Waals surface area (Å²) in [7, 11) is 0. The van der Waals surface area contributed by atoms with E-state index in [2.05, 4.69) is 0 Å². The van der Waals surface area contributed by atoms with E-state index in [0.29, 0.717) is 11.3 Å². The van der Waals surface area contributed by atoms with E-state index >= 15 is 0 Å². The maximum Gasteiger partial charge on any atom is 0.304 e. The van der Waals surface area contributed by atoms with Crippen molar-refractivity contribution < 1.29 is 14.7 Å². The van der Waals surface area contributed by atoms with Crippen molar-refractivity contribution in [3.05, 3.63) is 35.9 Å². The van der Waals surface area contributed by atoms with Gasteiger partial charge in [-0.3, -0.25) is 9.59 Å². The van der Waals surface area contributed by atoms with Gasteiger partial charge in [0.15, 0.2) is 5.78 Å². The van der Waals surface area contributed by atoms with Gasteiger partial charge >= 0.3 is 5.97 Å². The summed E-state index contributed by atoms with van der Waals surface area (Å²) in [5, 5.41) is 8.29. The summed E-state index contributed by atoms with van der Waals surface area (Å²) < 4.78 is 0. The smallest absolute Gasteiger partial charge is 0.304 e. The molecule has 0 aliphatic heterocycles. The summed E-state index contributed by atoms with van der Waals surface area (Å²) in [5.74, 6) is -0.308. The largest absolute Gasteiger partial charge is 0.481 e. The molecule has 1 aromatic carbocycles. The molecular weight excluding hydrogens is 224 g/mol. The van der Waals surface area contributed by atoms with Gasteiger partial charge in [0.05, 0.1) is 11.7 Å². The zero-order valence-electron chi connectivity index (χ0n) is 9.05. The van der Waals surface area contributed by atoms with Gasteiger partial charge in [-0.25, -0.2) is 0 Å². The second kappa shape index (κ2) is 6.33. The zero-order chi connectivity index (χ0) is 12.0. The van der Waals surface area contributed by atoms with E-state index in [1.54, 1.807) is 12.1 Å². The van der Waals surface area contributed by atoms with Gasteiger partial charge < -0.3 is 5.11 Å². The fraction of sp³-hybridized carbons (Fsp3) is 0.333. The number of carbonyl (C=O) groups excluding carboxylic acids is 1. The molecule has 1 aromatic rings. The first kappa shape index (κ1) is 12.8. The molecule has 86 valence electrons. The van der Waals surface area contributed by atoms with Gasteiger partial charge in [0.25, 0.3) is 0 Å². The molecule has 1 atom stereocenters. The van der Waals surface area contributed by atoms with Crippen LogP contribution in [0.1, 0.15) is 23.7 Å². The molecular formula is C12H14O3S. The third-order valence-corrected chi connectivity index (χ3v) is 3.27. The molecule has 16 heavy (non-hydrogen) atoms. The summed E-state index contributed by atoms with van der Waals surface area (Å²) in [5.41, 5.74) is 0.679. The second-order valence-electron chi connectivity index (χ2n) is 3.39. The Morgan fingerprint density at radius 2 is 1.94 bits per heavy atom. The van der Waals surface area contributed by atoms with Crippen molar-refractivity contribution in [2.75, 3.05) is 5.75 Å². The minimum absolute atomic E-state index is 0.0518. The average molecular weight is 238 g/mol. The molecule has 0 aliphatic carbocycles. The van der Waals surface area contributed by atoms with Crippen LogP contribution in [0.5, 0.6) is 0 Å². The molecule has 0 fully saturated rings. The molecule has 1 rings (SSSR count). The Labute approximate surface area is 98.9 Å². The molecule has 0 radical (unpaired) electrons. The van der Waals surface area contributed by atoms with E-state index in [-0.39, 0.29) is 17.5 Å². The number of carboxylic acid groups (broad SMARTS) is 1. The highest BCUT2D eigenvalue weighted by Crippen LogP contribution is 2.16. The van der Waals surface area contributed by atoms with E-state index in [4.69, 9.17) is 5.11 Å². The molecule has 0 aliphatic rings. The topological polar surface area (TPSA) is 54.4 Å². The SMILES string of the molecule is CC(SCCC(=O)O)C(=O)c1ccccc1. The number of carbonyl (C=O) groups is 2. The molecule has 1 unspecified atom stereocenters. The monoisotopic (exact) mass is 238 g/mol. The Morgan fingerprint density at radius 3 is 2.50 bits per heavy atom. The first-order valence-corrected chi connectivity index (χ1v) is 6.09. The van der Waals surface area contributed by atoms with Gasteiger partial charge in [-0.1, -0.05) is 30.3 Å². The highest BCUT2D eigenvalue weighted by Gasteiger charge is 2.15. The average Bonchev–Trinajstić information content (AvgIpc) is 2.28. The van der Waals surface area contributed by atoms with E-state index < -0.39 is 5.97 Å². The summed E-state index contributed by atoms with van der Waals surface area (Å²) >= 11 is 1.38. The van der Waals surface area contributed by atoms with Gasteiger partial charge in [0.2, 0.25) is 0 Å². The first-order chi connectivity index (χ1) is 7.61. The standard InChI is InChI=1S/C12H14O3S/c1-9(16-8-7-11(13)14)12(15)10-5-3-2-4-6-10/h2-6,9H,7-8H2,1H3,(H,13,14). The third-order valence-electron chi connectivity index (χ3n) is 2.11. The lowest BCUT2D eigenvalue weighted by atomic mass is 10.1. The van der Waals surface area contributed by atoms with Crippen LogP contribution in [0.25, 0.3) is 0 Å². The van der Waals surface area contributed by atoms with E-state index in [0.717, 1.165) is 0 Å². The summed E-state index contributed by atoms with van der Waals surface area (Å²) in [4.78, 5) is 22.2. The normalized spacial score (nSPS) is 12.1. The predicted octanol–water partition coefficient (Wildman–Crippen LogP) is 2.47. The van der Waals surface area contributed by atoms with E-state index in [9.17, 15) is 9.59 Å². The van der Waals surface area contributed by atoms with Gasteiger partial charge in [-0.05, 0) is 6.92 Å². The van der Waals surface area contributed by atoms with E-state index in [1.165, 1.54) is 11.8 Å². The molecule has 0 saturated heterocycles. The fourth-order valence-corrected chi connectivity index (χ4v) is 2.17. The Kier molecular flexibility index (Phi) is 5.05. The van der Waals surface area contributed by atoms with Crippen molar-refractivity contribution in [3.63, 3.8) is 0 Å². The van der Waals surface area contributed by atoms with Crippen molar-refractivity contribution in [1.29, 1.82) is 0 Å². The summed E-state index contributed by atoms with van der Waals surface area (Å²) in [6.07, 6.45) is 0.0943. The number of thioether (sulfide) groups is 1. The van der Waals surface area contributed by atoms with Crippen molar-refractivity contribution in [1.82, 2.24) is 0 Å². The summed E-state index contributed by atoms with van der Waals surface area (Å²) in [6.45, 7) is 1.81. The number of Topliss-reactive ketones (excluding diaryl/α,β-unsaturated/α-hetero) is 1. The van der Waals surface area contributed by atoms with Crippen LogP contribution in [0, 0.1) is 0 Å². The van der Waals surface area contributed by atoms with Crippen molar-refractivity contribution in [3.8, 4) is 0 Å². The summed E-state index contributed by atoms with van der Waals surface area (Å²) in [6, 6.07) is 9.05. The van der Waals surface area contributed by atoms with Crippen LogP contribution in [-0.2, 0) is 4.79 Å². The van der Waals surface area contributed by atoms with Crippen LogP contribution in [0.3, 0.4) is 0 Å². The number of rotatable bonds is 6. The van der Waals surface area contributed by atoms with Crippen molar-refractivity contribution >= 4 is 23.5 Å². The Balaban J connectivity index is 2.45. The Morgan fingerprint density at radius 1 is 1.31 bits per heavy atom. The Bertz CT molecular complexity index is 362.